The number of ether oxygens (including phenoxy) is 1. The van der Waals surface area contributed by atoms with Gasteiger partial charge in [0, 0.05) is 13.1 Å². The predicted octanol–water partition coefficient (Wildman–Crippen LogP) is 2.58. The van der Waals surface area contributed by atoms with E-state index in [-0.39, 0.29) is 11.2 Å². The van der Waals surface area contributed by atoms with Crippen LogP contribution < -0.4 is 5.32 Å². The van der Waals surface area contributed by atoms with Crippen molar-refractivity contribution in [1.82, 2.24) is 5.32 Å². The van der Waals surface area contributed by atoms with Crippen LogP contribution >= 0.6 is 0 Å². The highest BCUT2D eigenvalue weighted by Gasteiger charge is 2.47. The Bertz CT molecular complexity index is 239. The van der Waals surface area contributed by atoms with Crippen LogP contribution in [0.25, 0.3) is 0 Å². The molecule has 2 heteroatoms. The van der Waals surface area contributed by atoms with Crippen LogP contribution in [-0.4, -0.2) is 24.3 Å². The molecule has 2 fully saturated rings. The van der Waals surface area contributed by atoms with E-state index in [0.29, 0.717) is 5.92 Å². The first kappa shape index (κ1) is 11.4. The van der Waals surface area contributed by atoms with Crippen molar-refractivity contribution in [3.8, 4) is 0 Å². The molecule has 2 aliphatic rings. The molecule has 1 N–H and O–H groups in total. The van der Waals surface area contributed by atoms with Crippen LogP contribution in [-0.2, 0) is 4.74 Å². The lowest BCUT2D eigenvalue weighted by atomic mass is 9.71. The smallest absolute Gasteiger partial charge is 0.0842 e. The third kappa shape index (κ3) is 2.21. The van der Waals surface area contributed by atoms with Gasteiger partial charge in [0.05, 0.1) is 11.2 Å². The van der Waals surface area contributed by atoms with Crippen LogP contribution in [0.3, 0.4) is 0 Å². The summed E-state index contributed by atoms with van der Waals surface area (Å²) in [6.07, 6.45) is 3.91. The summed E-state index contributed by atoms with van der Waals surface area (Å²) in [4.78, 5) is 0. The van der Waals surface area contributed by atoms with E-state index < -0.39 is 0 Å². The number of morpholine rings is 1. The Morgan fingerprint density at radius 2 is 1.87 bits per heavy atom. The fraction of sp³-hybridized carbons (Fsp3) is 1.00. The van der Waals surface area contributed by atoms with Crippen LogP contribution in [0.1, 0.15) is 47.0 Å². The maximum atomic E-state index is 6.42. The molecular weight excluding hydrogens is 186 g/mol. The molecule has 0 aromatic heterocycles. The monoisotopic (exact) mass is 211 g/mol. The first-order valence-electron chi connectivity index (χ1n) is 6.34. The van der Waals surface area contributed by atoms with Crippen molar-refractivity contribution in [2.75, 3.05) is 13.1 Å². The summed E-state index contributed by atoms with van der Waals surface area (Å²) in [7, 11) is 0. The zero-order valence-electron chi connectivity index (χ0n) is 10.6. The molecule has 1 spiro atoms. The normalized spacial score (nSPS) is 45.6. The van der Waals surface area contributed by atoms with Gasteiger partial charge >= 0.3 is 0 Å². The molecule has 0 bridgehead atoms. The highest BCUT2D eigenvalue weighted by molar-refractivity contribution is 4.99. The van der Waals surface area contributed by atoms with Crippen LogP contribution in [0.2, 0.25) is 0 Å². The van der Waals surface area contributed by atoms with Gasteiger partial charge in [0.2, 0.25) is 0 Å². The van der Waals surface area contributed by atoms with Gasteiger partial charge in [0.1, 0.15) is 0 Å². The summed E-state index contributed by atoms with van der Waals surface area (Å²) in [5, 5.41) is 3.56. The third-order valence-corrected chi connectivity index (χ3v) is 4.14. The molecule has 2 rings (SSSR count). The number of hydrogen-bond acceptors (Lipinski definition) is 2. The summed E-state index contributed by atoms with van der Waals surface area (Å²) in [6.45, 7) is 11.1. The maximum Gasteiger partial charge on any atom is 0.0842 e. The summed E-state index contributed by atoms with van der Waals surface area (Å²) in [5.41, 5.74) is 0.114. The summed E-state index contributed by atoms with van der Waals surface area (Å²) in [5.74, 6) is 1.51. The molecule has 1 aliphatic carbocycles. The van der Waals surface area contributed by atoms with Gasteiger partial charge in [0.15, 0.2) is 0 Å². The highest BCUT2D eigenvalue weighted by atomic mass is 16.5. The summed E-state index contributed by atoms with van der Waals surface area (Å²) in [6, 6.07) is 0. The summed E-state index contributed by atoms with van der Waals surface area (Å²) < 4.78 is 6.42. The minimum absolute atomic E-state index is 0.00354. The van der Waals surface area contributed by atoms with Crippen molar-refractivity contribution < 1.29 is 4.74 Å². The summed E-state index contributed by atoms with van der Waals surface area (Å²) >= 11 is 0. The van der Waals surface area contributed by atoms with Crippen molar-refractivity contribution in [2.24, 2.45) is 11.8 Å². The molecule has 1 aliphatic heterocycles. The van der Waals surface area contributed by atoms with Crippen molar-refractivity contribution in [1.29, 1.82) is 0 Å². The third-order valence-electron chi connectivity index (χ3n) is 4.14. The molecule has 0 aromatic rings. The van der Waals surface area contributed by atoms with E-state index in [0.717, 1.165) is 19.0 Å². The average Bonchev–Trinajstić information content (AvgIpc) is 2.10. The molecule has 1 heterocycles. The van der Waals surface area contributed by atoms with E-state index in [9.17, 15) is 0 Å². The van der Waals surface area contributed by atoms with E-state index in [2.05, 4.69) is 33.0 Å². The van der Waals surface area contributed by atoms with Crippen molar-refractivity contribution in [3.63, 3.8) is 0 Å². The van der Waals surface area contributed by atoms with Gasteiger partial charge in [0.25, 0.3) is 0 Å². The van der Waals surface area contributed by atoms with Gasteiger partial charge < -0.3 is 10.1 Å². The second-order valence-electron chi connectivity index (χ2n) is 6.32. The molecule has 0 amide bonds. The van der Waals surface area contributed by atoms with Crippen molar-refractivity contribution in [3.05, 3.63) is 0 Å². The lowest BCUT2D eigenvalue weighted by molar-refractivity contribution is -0.203. The first-order chi connectivity index (χ1) is 6.94. The van der Waals surface area contributed by atoms with E-state index >= 15 is 0 Å². The molecule has 3 unspecified atom stereocenters. The quantitative estimate of drug-likeness (QED) is 0.665. The molecule has 1 saturated carbocycles. The number of rotatable bonds is 0. The molecule has 2 nitrogen and oxygen atoms in total. The first-order valence-corrected chi connectivity index (χ1v) is 6.34. The Balaban J connectivity index is 2.15. The van der Waals surface area contributed by atoms with Gasteiger partial charge in [-0.2, -0.15) is 0 Å². The topological polar surface area (TPSA) is 21.3 Å². The highest BCUT2D eigenvalue weighted by Crippen LogP contribution is 2.42. The Hall–Kier alpha value is -0.0800. The van der Waals surface area contributed by atoms with E-state index in [1.54, 1.807) is 0 Å². The van der Waals surface area contributed by atoms with Gasteiger partial charge in [-0.25, -0.2) is 0 Å². The van der Waals surface area contributed by atoms with Crippen molar-refractivity contribution in [2.45, 2.75) is 58.2 Å². The molecule has 15 heavy (non-hydrogen) atoms. The Morgan fingerprint density at radius 1 is 1.13 bits per heavy atom. The second-order valence-corrected chi connectivity index (χ2v) is 6.32. The Morgan fingerprint density at radius 3 is 2.53 bits per heavy atom. The van der Waals surface area contributed by atoms with E-state index in [4.69, 9.17) is 4.74 Å². The Kier molecular flexibility index (Phi) is 2.85. The van der Waals surface area contributed by atoms with Crippen molar-refractivity contribution >= 4 is 0 Å². The fourth-order valence-corrected chi connectivity index (χ4v) is 3.28. The van der Waals surface area contributed by atoms with E-state index in [1.165, 1.54) is 19.3 Å². The largest absolute Gasteiger partial charge is 0.366 e. The molecule has 1 saturated heterocycles. The fourth-order valence-electron chi connectivity index (χ4n) is 3.28. The van der Waals surface area contributed by atoms with Crippen LogP contribution in [0, 0.1) is 11.8 Å². The van der Waals surface area contributed by atoms with Crippen LogP contribution in [0.15, 0.2) is 0 Å². The Labute approximate surface area is 93.8 Å². The minimum atomic E-state index is 0.00354. The van der Waals surface area contributed by atoms with Gasteiger partial charge in [-0.3, -0.25) is 0 Å². The van der Waals surface area contributed by atoms with Crippen LogP contribution in [0.5, 0.6) is 0 Å². The second kappa shape index (κ2) is 3.74. The zero-order chi connectivity index (χ0) is 11.1. The molecule has 0 radical (unpaired) electrons. The molecule has 3 atom stereocenters. The average molecular weight is 211 g/mol. The van der Waals surface area contributed by atoms with Gasteiger partial charge in [-0.15, -0.1) is 0 Å². The lowest BCUT2D eigenvalue weighted by Crippen LogP contribution is -2.62. The van der Waals surface area contributed by atoms with Gasteiger partial charge in [-0.05, 0) is 38.5 Å². The minimum Gasteiger partial charge on any atom is -0.366 e. The number of hydrogen-bond donors (Lipinski definition) is 1. The maximum absolute atomic E-state index is 6.42. The standard InChI is InChI=1S/C13H25NO/c1-10-5-6-11(2)13(7-10)9-14-8-12(3,4)15-13/h10-11,14H,5-9H2,1-4H3. The zero-order valence-corrected chi connectivity index (χ0v) is 10.6. The van der Waals surface area contributed by atoms with E-state index in [1.807, 2.05) is 0 Å². The molecular formula is C13H25NO. The van der Waals surface area contributed by atoms with Crippen LogP contribution in [0.4, 0.5) is 0 Å². The SMILES string of the molecule is CC1CCC(C)C2(CNCC(C)(C)O2)C1. The number of nitrogens with one attached hydrogen (secondary N) is 1. The lowest BCUT2D eigenvalue weighted by Gasteiger charge is -2.52. The predicted molar refractivity (Wildman–Crippen MR) is 62.9 cm³/mol. The molecule has 0 aromatic carbocycles. The molecule has 88 valence electrons. The van der Waals surface area contributed by atoms with Gasteiger partial charge in [-0.1, -0.05) is 20.3 Å².